The van der Waals surface area contributed by atoms with E-state index in [-0.39, 0.29) is 12.6 Å². The Kier molecular flexibility index (Phi) is 6.27. The van der Waals surface area contributed by atoms with Crippen LogP contribution in [0.2, 0.25) is 0 Å². The molecule has 0 N–H and O–H groups in total. The minimum Gasteiger partial charge on any atom is -0.488 e. The number of rotatable bonds is 5. The standard InChI is InChI=1S/C24H27NO4/c1-27-23(26)17-28-15-14-25-12-10-18(11-13-25)24-20-7-3-2-6-19(20)16-29-22-9-5-4-8-21(22)24/h2-9H,10-17H2,1H3. The first-order chi connectivity index (χ1) is 14.3. The van der Waals surface area contributed by atoms with E-state index in [0.717, 1.165) is 38.2 Å². The number of methoxy groups -OCH3 is 1. The van der Waals surface area contributed by atoms with Crippen molar-refractivity contribution in [1.29, 1.82) is 0 Å². The Morgan fingerprint density at radius 1 is 1.03 bits per heavy atom. The van der Waals surface area contributed by atoms with E-state index in [1.165, 1.54) is 34.9 Å². The zero-order valence-corrected chi connectivity index (χ0v) is 16.9. The number of esters is 1. The third kappa shape index (κ3) is 4.52. The molecule has 2 aromatic carbocycles. The van der Waals surface area contributed by atoms with Gasteiger partial charge in [-0.3, -0.25) is 0 Å². The minimum absolute atomic E-state index is 0.0210. The van der Waals surface area contributed by atoms with Gasteiger partial charge in [-0.1, -0.05) is 48.0 Å². The van der Waals surface area contributed by atoms with Gasteiger partial charge in [0.15, 0.2) is 0 Å². The second-order valence-corrected chi connectivity index (χ2v) is 7.39. The van der Waals surface area contributed by atoms with E-state index in [4.69, 9.17) is 9.47 Å². The molecule has 2 aromatic rings. The van der Waals surface area contributed by atoms with Crippen LogP contribution in [0.4, 0.5) is 0 Å². The average molecular weight is 393 g/mol. The highest BCUT2D eigenvalue weighted by Crippen LogP contribution is 2.40. The number of hydrogen-bond donors (Lipinski definition) is 0. The molecule has 0 amide bonds. The van der Waals surface area contributed by atoms with E-state index in [1.54, 1.807) is 0 Å². The molecule has 4 rings (SSSR count). The van der Waals surface area contributed by atoms with Gasteiger partial charge in [0, 0.05) is 25.2 Å². The van der Waals surface area contributed by atoms with Crippen LogP contribution in [0.15, 0.2) is 54.1 Å². The topological polar surface area (TPSA) is 48.0 Å². The molecule has 0 atom stereocenters. The Morgan fingerprint density at radius 3 is 2.55 bits per heavy atom. The van der Waals surface area contributed by atoms with E-state index in [0.29, 0.717) is 13.2 Å². The van der Waals surface area contributed by atoms with E-state index in [9.17, 15) is 4.79 Å². The number of fused-ring (bicyclic) bond motifs is 2. The largest absolute Gasteiger partial charge is 0.488 e. The summed E-state index contributed by atoms with van der Waals surface area (Å²) in [4.78, 5) is 13.5. The lowest BCUT2D eigenvalue weighted by molar-refractivity contribution is -0.146. The van der Waals surface area contributed by atoms with Crippen molar-refractivity contribution in [3.8, 4) is 5.75 Å². The SMILES string of the molecule is COC(=O)COCCN1CCC(=C2c3ccccc3COc3ccccc32)CC1. The Morgan fingerprint density at radius 2 is 1.76 bits per heavy atom. The van der Waals surface area contributed by atoms with Crippen LogP contribution in [0.3, 0.4) is 0 Å². The summed E-state index contributed by atoms with van der Waals surface area (Å²) >= 11 is 0. The molecule has 0 radical (unpaired) electrons. The van der Waals surface area contributed by atoms with Gasteiger partial charge in [-0.15, -0.1) is 0 Å². The number of hydrogen-bond acceptors (Lipinski definition) is 5. The lowest BCUT2D eigenvalue weighted by atomic mass is 9.86. The quantitative estimate of drug-likeness (QED) is 0.573. The molecule has 5 heteroatoms. The molecular formula is C24H27NO4. The van der Waals surface area contributed by atoms with Crippen molar-refractivity contribution in [2.75, 3.05) is 40.0 Å². The molecular weight excluding hydrogens is 366 g/mol. The zero-order chi connectivity index (χ0) is 20.1. The van der Waals surface area contributed by atoms with Crippen LogP contribution >= 0.6 is 0 Å². The molecule has 2 heterocycles. The molecule has 0 saturated carbocycles. The maximum absolute atomic E-state index is 11.1. The summed E-state index contributed by atoms with van der Waals surface area (Å²) in [5.74, 6) is 0.633. The molecule has 0 spiro atoms. The molecule has 1 fully saturated rings. The molecule has 29 heavy (non-hydrogen) atoms. The number of para-hydroxylation sites is 1. The van der Waals surface area contributed by atoms with Gasteiger partial charge in [0.05, 0.1) is 13.7 Å². The van der Waals surface area contributed by atoms with E-state index in [2.05, 4.69) is 52.1 Å². The predicted molar refractivity (Wildman–Crippen MR) is 112 cm³/mol. The third-order valence-electron chi connectivity index (χ3n) is 5.64. The smallest absolute Gasteiger partial charge is 0.331 e. The Bertz CT molecular complexity index is 846. The zero-order valence-electron chi connectivity index (χ0n) is 16.9. The van der Waals surface area contributed by atoms with Gasteiger partial charge in [-0.2, -0.15) is 0 Å². The highest BCUT2D eigenvalue weighted by Gasteiger charge is 2.24. The van der Waals surface area contributed by atoms with Crippen molar-refractivity contribution in [2.24, 2.45) is 0 Å². The van der Waals surface area contributed by atoms with Gasteiger partial charge in [0.1, 0.15) is 19.0 Å². The molecule has 0 unspecified atom stereocenters. The minimum atomic E-state index is -0.330. The number of nitrogens with zero attached hydrogens (tertiary/aromatic N) is 1. The number of piperidine rings is 1. The lowest BCUT2D eigenvalue weighted by Crippen LogP contribution is -2.34. The Balaban J connectivity index is 1.50. The first kappa shape index (κ1) is 19.7. The maximum atomic E-state index is 11.1. The van der Waals surface area contributed by atoms with Gasteiger partial charge in [-0.05, 0) is 35.6 Å². The first-order valence-corrected chi connectivity index (χ1v) is 10.2. The van der Waals surface area contributed by atoms with Gasteiger partial charge in [0.2, 0.25) is 0 Å². The molecule has 2 aliphatic heterocycles. The van der Waals surface area contributed by atoms with Crippen molar-refractivity contribution in [1.82, 2.24) is 4.90 Å². The van der Waals surface area contributed by atoms with Crippen LogP contribution in [-0.2, 0) is 20.9 Å². The van der Waals surface area contributed by atoms with Crippen LogP contribution in [0, 0.1) is 0 Å². The Labute approximate surface area is 171 Å². The monoisotopic (exact) mass is 393 g/mol. The molecule has 0 aromatic heterocycles. The Hall–Kier alpha value is -2.63. The molecule has 0 bridgehead atoms. The molecule has 2 aliphatic rings. The van der Waals surface area contributed by atoms with Gasteiger partial charge < -0.3 is 19.1 Å². The fraction of sp³-hybridized carbons (Fsp3) is 0.375. The summed E-state index contributed by atoms with van der Waals surface area (Å²) in [6.45, 7) is 3.98. The highest BCUT2D eigenvalue weighted by atomic mass is 16.6. The van der Waals surface area contributed by atoms with E-state index >= 15 is 0 Å². The lowest BCUT2D eigenvalue weighted by Gasteiger charge is -2.30. The highest BCUT2D eigenvalue weighted by molar-refractivity contribution is 5.87. The molecule has 1 saturated heterocycles. The van der Waals surface area contributed by atoms with E-state index in [1.807, 2.05) is 6.07 Å². The van der Waals surface area contributed by atoms with Crippen LogP contribution < -0.4 is 4.74 Å². The predicted octanol–water partition coefficient (Wildman–Crippen LogP) is 3.67. The average Bonchev–Trinajstić information content (AvgIpc) is 2.94. The third-order valence-corrected chi connectivity index (χ3v) is 5.64. The van der Waals surface area contributed by atoms with Gasteiger partial charge in [-0.25, -0.2) is 4.79 Å². The van der Waals surface area contributed by atoms with Crippen LogP contribution in [0.5, 0.6) is 5.75 Å². The summed E-state index contributed by atoms with van der Waals surface area (Å²) in [6.07, 6.45) is 2.05. The summed E-state index contributed by atoms with van der Waals surface area (Å²) in [5, 5.41) is 0. The molecule has 0 aliphatic carbocycles. The number of ether oxygens (including phenoxy) is 3. The summed E-state index contributed by atoms with van der Waals surface area (Å²) in [5.41, 5.74) is 6.56. The van der Waals surface area contributed by atoms with E-state index < -0.39 is 0 Å². The maximum Gasteiger partial charge on any atom is 0.331 e. The van der Waals surface area contributed by atoms with Crippen LogP contribution in [0.1, 0.15) is 29.5 Å². The second-order valence-electron chi connectivity index (χ2n) is 7.39. The summed E-state index contributed by atoms with van der Waals surface area (Å²) in [7, 11) is 1.38. The number of benzene rings is 2. The normalized spacial score (nSPS) is 16.4. The first-order valence-electron chi connectivity index (χ1n) is 10.2. The summed E-state index contributed by atoms with van der Waals surface area (Å²) < 4.78 is 16.1. The van der Waals surface area contributed by atoms with Gasteiger partial charge in [0.25, 0.3) is 0 Å². The summed E-state index contributed by atoms with van der Waals surface area (Å²) in [6, 6.07) is 16.9. The fourth-order valence-corrected chi connectivity index (χ4v) is 4.08. The fourth-order valence-electron chi connectivity index (χ4n) is 4.08. The number of likely N-dealkylation sites (tertiary alicyclic amines) is 1. The second kappa shape index (κ2) is 9.25. The van der Waals surface area contributed by atoms with Crippen molar-refractivity contribution < 1.29 is 19.0 Å². The van der Waals surface area contributed by atoms with Crippen molar-refractivity contribution >= 4 is 11.5 Å². The van der Waals surface area contributed by atoms with Crippen molar-refractivity contribution in [2.45, 2.75) is 19.4 Å². The van der Waals surface area contributed by atoms with Crippen molar-refractivity contribution in [3.05, 3.63) is 70.8 Å². The molecule has 152 valence electrons. The number of carbonyl (C=O) groups is 1. The number of carbonyl (C=O) groups excluding carboxylic acids is 1. The van der Waals surface area contributed by atoms with Gasteiger partial charge >= 0.3 is 5.97 Å². The van der Waals surface area contributed by atoms with Crippen molar-refractivity contribution in [3.63, 3.8) is 0 Å². The van der Waals surface area contributed by atoms with Crippen LogP contribution in [-0.4, -0.2) is 50.8 Å². The molecule has 5 nitrogen and oxygen atoms in total. The van der Waals surface area contributed by atoms with Crippen LogP contribution in [0.25, 0.3) is 5.57 Å².